The number of benzene rings is 1. The van der Waals surface area contributed by atoms with E-state index < -0.39 is 0 Å². The second-order valence-corrected chi connectivity index (χ2v) is 5.69. The van der Waals surface area contributed by atoms with Crippen molar-refractivity contribution in [1.29, 1.82) is 0 Å². The molecule has 1 rings (SSSR count). The number of imide groups is 1. The summed E-state index contributed by atoms with van der Waals surface area (Å²) in [7, 11) is 0. The Morgan fingerprint density at radius 1 is 1.19 bits per heavy atom. The molecule has 0 saturated heterocycles. The van der Waals surface area contributed by atoms with Crippen LogP contribution < -0.4 is 4.90 Å². The van der Waals surface area contributed by atoms with E-state index in [0.29, 0.717) is 24.9 Å². The van der Waals surface area contributed by atoms with Crippen LogP contribution in [0.15, 0.2) is 24.3 Å². The van der Waals surface area contributed by atoms with Gasteiger partial charge in [-0.05, 0) is 43.4 Å². The van der Waals surface area contributed by atoms with E-state index in [4.69, 9.17) is 0 Å². The van der Waals surface area contributed by atoms with Gasteiger partial charge in [0.2, 0.25) is 12.3 Å². The number of amides is 2. The summed E-state index contributed by atoms with van der Waals surface area (Å²) in [6.45, 7) is 5.48. The minimum absolute atomic E-state index is 0.190. The van der Waals surface area contributed by atoms with Crippen molar-refractivity contribution in [2.75, 3.05) is 4.90 Å². The summed E-state index contributed by atoms with van der Waals surface area (Å²) in [6, 6.07) is 7.34. The predicted molar refractivity (Wildman–Crippen MR) is 83.1 cm³/mol. The average molecular weight is 289 g/mol. The minimum atomic E-state index is -0.190. The molecule has 2 amide bonds. The largest absolute Gasteiger partial charge is 0.300 e. The zero-order chi connectivity index (χ0) is 15.8. The summed E-state index contributed by atoms with van der Waals surface area (Å²) in [6.07, 6.45) is 3.13. The van der Waals surface area contributed by atoms with Gasteiger partial charge < -0.3 is 4.79 Å². The lowest BCUT2D eigenvalue weighted by atomic mass is 10.1. The minimum Gasteiger partial charge on any atom is -0.300 e. The average Bonchev–Trinajstić information content (AvgIpc) is 2.40. The van der Waals surface area contributed by atoms with Gasteiger partial charge in [0, 0.05) is 12.8 Å². The molecule has 1 aromatic carbocycles. The van der Waals surface area contributed by atoms with Gasteiger partial charge in [-0.3, -0.25) is 14.5 Å². The summed E-state index contributed by atoms with van der Waals surface area (Å²) < 4.78 is 0. The summed E-state index contributed by atoms with van der Waals surface area (Å²) in [5.74, 6) is 0.216. The Morgan fingerprint density at radius 2 is 1.81 bits per heavy atom. The summed E-state index contributed by atoms with van der Waals surface area (Å²) >= 11 is 0. The van der Waals surface area contributed by atoms with Crippen LogP contribution in [0.2, 0.25) is 0 Å². The van der Waals surface area contributed by atoms with Crippen molar-refractivity contribution in [1.82, 2.24) is 0 Å². The highest BCUT2D eigenvalue weighted by molar-refractivity contribution is 6.06. The van der Waals surface area contributed by atoms with Crippen molar-refractivity contribution < 1.29 is 14.4 Å². The first kappa shape index (κ1) is 17.1. The van der Waals surface area contributed by atoms with Crippen molar-refractivity contribution in [2.45, 2.75) is 46.5 Å². The quantitative estimate of drug-likeness (QED) is 0.691. The Labute approximate surface area is 126 Å². The number of nitrogens with zero attached hydrogens (tertiary/aromatic N) is 1. The molecule has 4 heteroatoms. The summed E-state index contributed by atoms with van der Waals surface area (Å²) in [4.78, 5) is 35.2. The van der Waals surface area contributed by atoms with Gasteiger partial charge in [-0.2, -0.15) is 0 Å². The van der Waals surface area contributed by atoms with E-state index >= 15 is 0 Å². The van der Waals surface area contributed by atoms with Crippen LogP contribution in [0.3, 0.4) is 0 Å². The van der Waals surface area contributed by atoms with E-state index in [1.807, 2.05) is 26.0 Å². The lowest BCUT2D eigenvalue weighted by Gasteiger charge is -2.17. The fourth-order valence-electron chi connectivity index (χ4n) is 2.08. The number of carbonyl (C=O) groups excluding carboxylic acids is 3. The van der Waals surface area contributed by atoms with Crippen LogP contribution in [0.25, 0.3) is 0 Å². The number of aryl methyl sites for hydroxylation is 1. The first-order valence-electron chi connectivity index (χ1n) is 7.29. The van der Waals surface area contributed by atoms with Crippen LogP contribution in [0, 0.1) is 5.92 Å². The number of hydrogen-bond acceptors (Lipinski definition) is 3. The Morgan fingerprint density at radius 3 is 2.29 bits per heavy atom. The molecule has 0 heterocycles. The molecule has 0 unspecified atom stereocenters. The van der Waals surface area contributed by atoms with E-state index in [1.165, 1.54) is 0 Å². The molecule has 0 fully saturated rings. The highest BCUT2D eigenvalue weighted by Crippen LogP contribution is 2.17. The van der Waals surface area contributed by atoms with Crippen molar-refractivity contribution >= 4 is 23.8 Å². The van der Waals surface area contributed by atoms with Crippen LogP contribution in [-0.2, 0) is 20.8 Å². The molecule has 4 nitrogen and oxygen atoms in total. The molecule has 0 spiro atoms. The van der Waals surface area contributed by atoms with Crippen LogP contribution >= 0.6 is 0 Å². The monoisotopic (exact) mass is 289 g/mol. The van der Waals surface area contributed by atoms with Gasteiger partial charge in [0.05, 0.1) is 5.69 Å². The molecule has 0 radical (unpaired) electrons. The number of ketones is 1. The summed E-state index contributed by atoms with van der Waals surface area (Å²) in [5.41, 5.74) is 1.69. The molecular formula is C17H23NO3. The molecule has 1 aromatic rings. The molecule has 0 aliphatic carbocycles. The molecule has 0 bridgehead atoms. The molecule has 114 valence electrons. The van der Waals surface area contributed by atoms with Crippen molar-refractivity contribution in [3.05, 3.63) is 29.8 Å². The number of rotatable bonds is 8. The SMILES string of the molecule is CC(=O)CCCc1ccc(N(C=O)C(=O)CC(C)C)cc1. The molecule has 0 aliphatic heterocycles. The van der Waals surface area contributed by atoms with Gasteiger partial charge in [-0.15, -0.1) is 0 Å². The lowest BCUT2D eigenvalue weighted by molar-refractivity contribution is -0.122. The number of hydrogen-bond donors (Lipinski definition) is 0. The maximum absolute atomic E-state index is 12.0. The first-order chi connectivity index (χ1) is 9.93. The Kier molecular flexibility index (Phi) is 6.79. The van der Waals surface area contributed by atoms with E-state index in [9.17, 15) is 14.4 Å². The normalized spacial score (nSPS) is 10.5. The van der Waals surface area contributed by atoms with Crippen LogP contribution in [0.1, 0.15) is 45.6 Å². The zero-order valence-electron chi connectivity index (χ0n) is 13.0. The maximum atomic E-state index is 12.0. The summed E-state index contributed by atoms with van der Waals surface area (Å²) in [5, 5.41) is 0. The predicted octanol–water partition coefficient (Wildman–Crippen LogP) is 3.13. The van der Waals surface area contributed by atoms with Crippen LogP contribution in [0.5, 0.6) is 0 Å². The smallest absolute Gasteiger partial charge is 0.233 e. The fourth-order valence-corrected chi connectivity index (χ4v) is 2.08. The highest BCUT2D eigenvalue weighted by atomic mass is 16.2. The van der Waals surface area contributed by atoms with Crippen LogP contribution in [-0.4, -0.2) is 18.1 Å². The zero-order valence-corrected chi connectivity index (χ0v) is 13.0. The second-order valence-electron chi connectivity index (χ2n) is 5.69. The number of carbonyl (C=O) groups is 3. The van der Waals surface area contributed by atoms with Gasteiger partial charge in [0.1, 0.15) is 5.78 Å². The number of anilines is 1. The van der Waals surface area contributed by atoms with E-state index in [2.05, 4.69) is 0 Å². The number of Topliss-reactive ketones (excluding diaryl/α,β-unsaturated/α-hetero) is 1. The van der Waals surface area contributed by atoms with Gasteiger partial charge in [0.15, 0.2) is 0 Å². The molecule has 0 aromatic heterocycles. The topological polar surface area (TPSA) is 54.5 Å². The third-order valence-corrected chi connectivity index (χ3v) is 3.17. The van der Waals surface area contributed by atoms with Crippen molar-refractivity contribution in [3.63, 3.8) is 0 Å². The maximum Gasteiger partial charge on any atom is 0.233 e. The second kappa shape index (κ2) is 8.35. The fraction of sp³-hybridized carbons (Fsp3) is 0.471. The van der Waals surface area contributed by atoms with Crippen molar-refractivity contribution in [2.24, 2.45) is 5.92 Å². The highest BCUT2D eigenvalue weighted by Gasteiger charge is 2.15. The third kappa shape index (κ3) is 5.90. The first-order valence-corrected chi connectivity index (χ1v) is 7.29. The lowest BCUT2D eigenvalue weighted by Crippen LogP contribution is -2.30. The van der Waals surface area contributed by atoms with Gasteiger partial charge in [-0.1, -0.05) is 26.0 Å². The molecule has 0 atom stereocenters. The van der Waals surface area contributed by atoms with Crippen molar-refractivity contribution in [3.8, 4) is 0 Å². The van der Waals surface area contributed by atoms with Crippen LogP contribution in [0.4, 0.5) is 5.69 Å². The Hall–Kier alpha value is -1.97. The van der Waals surface area contributed by atoms with E-state index in [-0.39, 0.29) is 17.6 Å². The molecule has 0 saturated carbocycles. The molecule has 21 heavy (non-hydrogen) atoms. The van der Waals surface area contributed by atoms with Gasteiger partial charge in [0.25, 0.3) is 0 Å². The standard InChI is InChI=1S/C17H23NO3/c1-13(2)11-17(21)18(12-19)16-9-7-15(8-10-16)6-4-5-14(3)20/h7-10,12-13H,4-6,11H2,1-3H3. The molecular weight excluding hydrogens is 266 g/mol. The Bertz CT molecular complexity index is 491. The van der Waals surface area contributed by atoms with Gasteiger partial charge >= 0.3 is 0 Å². The van der Waals surface area contributed by atoms with E-state index in [0.717, 1.165) is 23.3 Å². The van der Waals surface area contributed by atoms with Gasteiger partial charge in [-0.25, -0.2) is 0 Å². The molecule has 0 aliphatic rings. The van der Waals surface area contributed by atoms with E-state index in [1.54, 1.807) is 19.1 Å². The Balaban J connectivity index is 2.68. The third-order valence-electron chi connectivity index (χ3n) is 3.17. The molecule has 0 N–H and O–H groups in total.